The number of benzene rings is 2. The SMILES string of the molecule is O=C(Nc1ccc(Oc2ccnc(NCCCN3CCOCC3)c2Cl)c(F)c1)c1c2c(cn(-c3ccc(F)cc3)c1=O)CCO2. The van der Waals surface area contributed by atoms with Gasteiger partial charge in [0.1, 0.15) is 28.0 Å². The standard InChI is InChI=1S/C32H30ClF2N5O5/c33-28-26(8-11-37-30(28)36-10-1-12-39-13-16-43-17-14-39)45-25-7-4-22(18-24(25)35)38-31(41)27-29-20(9-15-44-29)19-40(32(27)42)23-5-2-21(34)3-6-23/h2-8,11,18-19H,1,9-10,12-17H2,(H,36,37)(H,38,41). The molecular formula is C32H30ClF2N5O5. The zero-order valence-electron chi connectivity index (χ0n) is 24.2. The smallest absolute Gasteiger partial charge is 0.271 e. The largest absolute Gasteiger partial charge is 0.492 e. The molecule has 4 heterocycles. The maximum Gasteiger partial charge on any atom is 0.271 e. The van der Waals surface area contributed by atoms with E-state index in [0.717, 1.165) is 45.3 Å². The number of nitrogens with one attached hydrogen (secondary N) is 2. The zero-order chi connectivity index (χ0) is 31.3. The van der Waals surface area contributed by atoms with Crippen LogP contribution in [-0.2, 0) is 11.2 Å². The van der Waals surface area contributed by atoms with Crippen molar-refractivity contribution in [1.82, 2.24) is 14.5 Å². The van der Waals surface area contributed by atoms with E-state index in [1.165, 1.54) is 53.2 Å². The van der Waals surface area contributed by atoms with Gasteiger partial charge in [-0.3, -0.25) is 19.1 Å². The van der Waals surface area contributed by atoms with Crippen LogP contribution in [0.3, 0.4) is 0 Å². The Morgan fingerprint density at radius 1 is 1.04 bits per heavy atom. The molecule has 6 rings (SSSR count). The van der Waals surface area contributed by atoms with E-state index in [0.29, 0.717) is 36.6 Å². The van der Waals surface area contributed by atoms with Crippen LogP contribution < -0.4 is 25.7 Å². The maximum atomic E-state index is 15.2. The van der Waals surface area contributed by atoms with Crippen molar-refractivity contribution >= 4 is 29.0 Å². The quantitative estimate of drug-likeness (QED) is 0.226. The summed E-state index contributed by atoms with van der Waals surface area (Å²) < 4.78 is 46.7. The van der Waals surface area contributed by atoms with Gasteiger partial charge in [0.25, 0.3) is 11.5 Å². The van der Waals surface area contributed by atoms with Crippen LogP contribution in [0.25, 0.3) is 5.69 Å². The number of amides is 1. The third-order valence-electron chi connectivity index (χ3n) is 7.50. The van der Waals surface area contributed by atoms with Crippen molar-refractivity contribution in [1.29, 1.82) is 0 Å². The van der Waals surface area contributed by atoms with Crippen LogP contribution >= 0.6 is 11.6 Å². The van der Waals surface area contributed by atoms with Crippen LogP contribution in [0.15, 0.2) is 65.7 Å². The third kappa shape index (κ3) is 6.93. The van der Waals surface area contributed by atoms with Crippen LogP contribution in [0.2, 0.25) is 5.02 Å². The Morgan fingerprint density at radius 2 is 1.84 bits per heavy atom. The lowest BCUT2D eigenvalue weighted by Gasteiger charge is -2.26. The fourth-order valence-electron chi connectivity index (χ4n) is 5.19. The summed E-state index contributed by atoms with van der Waals surface area (Å²) >= 11 is 6.51. The third-order valence-corrected chi connectivity index (χ3v) is 7.86. The number of rotatable bonds is 10. The molecule has 2 N–H and O–H groups in total. The number of halogens is 3. The number of fused-ring (bicyclic) bond motifs is 1. The van der Waals surface area contributed by atoms with E-state index in [4.69, 9.17) is 25.8 Å². The summed E-state index contributed by atoms with van der Waals surface area (Å²) in [7, 11) is 0. The number of pyridine rings is 2. The molecule has 234 valence electrons. The van der Waals surface area contributed by atoms with Crippen molar-refractivity contribution in [3.05, 3.63) is 99.1 Å². The predicted octanol–water partition coefficient (Wildman–Crippen LogP) is 5.28. The molecule has 2 aliphatic rings. The molecule has 0 bridgehead atoms. The molecule has 1 fully saturated rings. The Hall–Kier alpha value is -4.52. The highest BCUT2D eigenvalue weighted by Gasteiger charge is 2.27. The number of nitrogens with zero attached hydrogens (tertiary/aromatic N) is 3. The number of carbonyl (C=O) groups is 1. The van der Waals surface area contributed by atoms with E-state index in [2.05, 4.69) is 20.5 Å². The second-order valence-electron chi connectivity index (χ2n) is 10.5. The molecule has 2 aromatic carbocycles. The lowest BCUT2D eigenvalue weighted by molar-refractivity contribution is 0.0378. The van der Waals surface area contributed by atoms with E-state index in [-0.39, 0.29) is 33.5 Å². The summed E-state index contributed by atoms with van der Waals surface area (Å²) in [6, 6.07) is 10.7. The topological polar surface area (TPSA) is 107 Å². The summed E-state index contributed by atoms with van der Waals surface area (Å²) in [4.78, 5) is 33.3. The summed E-state index contributed by atoms with van der Waals surface area (Å²) in [5, 5.41) is 5.98. The van der Waals surface area contributed by atoms with Gasteiger partial charge in [-0.1, -0.05) is 11.6 Å². The van der Waals surface area contributed by atoms with Crippen LogP contribution in [0.4, 0.5) is 20.3 Å². The van der Waals surface area contributed by atoms with Crippen molar-refractivity contribution < 1.29 is 27.8 Å². The minimum absolute atomic E-state index is 0.0941. The molecule has 4 aromatic rings. The van der Waals surface area contributed by atoms with Crippen molar-refractivity contribution in [3.63, 3.8) is 0 Å². The molecule has 0 spiro atoms. The van der Waals surface area contributed by atoms with Crippen molar-refractivity contribution in [2.45, 2.75) is 12.8 Å². The Labute approximate surface area is 262 Å². The van der Waals surface area contributed by atoms with Gasteiger partial charge in [-0.25, -0.2) is 13.8 Å². The molecule has 0 aliphatic carbocycles. The molecule has 0 saturated carbocycles. The van der Waals surface area contributed by atoms with Gasteiger partial charge >= 0.3 is 0 Å². The summed E-state index contributed by atoms with van der Waals surface area (Å²) in [5.74, 6) is -1.32. The minimum Gasteiger partial charge on any atom is -0.492 e. The van der Waals surface area contributed by atoms with Gasteiger partial charge in [0.2, 0.25) is 0 Å². The van der Waals surface area contributed by atoms with Gasteiger partial charge < -0.3 is 24.8 Å². The fraction of sp³-hybridized carbons (Fsp3) is 0.281. The average molecular weight is 638 g/mol. The summed E-state index contributed by atoms with van der Waals surface area (Å²) in [6.45, 7) is 5.17. The molecule has 0 radical (unpaired) electrons. The van der Waals surface area contributed by atoms with Crippen molar-refractivity contribution in [2.75, 3.05) is 56.6 Å². The van der Waals surface area contributed by atoms with Gasteiger partial charge in [-0.05, 0) is 49.4 Å². The molecule has 2 aliphatic heterocycles. The van der Waals surface area contributed by atoms with Gasteiger partial charge in [0, 0.05) is 67.5 Å². The van der Waals surface area contributed by atoms with Crippen LogP contribution in [-0.4, -0.2) is 66.4 Å². The van der Waals surface area contributed by atoms with Crippen LogP contribution in [0.5, 0.6) is 17.2 Å². The molecule has 2 aromatic heterocycles. The normalized spacial score (nSPS) is 14.5. The molecule has 45 heavy (non-hydrogen) atoms. The highest BCUT2D eigenvalue weighted by atomic mass is 35.5. The number of hydrogen-bond donors (Lipinski definition) is 2. The van der Waals surface area contributed by atoms with E-state index >= 15 is 4.39 Å². The molecule has 0 atom stereocenters. The molecule has 0 unspecified atom stereocenters. The first kappa shape index (κ1) is 30.5. The fourth-order valence-corrected chi connectivity index (χ4v) is 5.40. The maximum absolute atomic E-state index is 15.2. The van der Waals surface area contributed by atoms with E-state index in [1.807, 2.05) is 0 Å². The molecular weight excluding hydrogens is 608 g/mol. The lowest BCUT2D eigenvalue weighted by atomic mass is 10.1. The number of hydrogen-bond acceptors (Lipinski definition) is 8. The summed E-state index contributed by atoms with van der Waals surface area (Å²) in [6.07, 6.45) is 4.46. The average Bonchev–Trinajstić information content (AvgIpc) is 3.51. The van der Waals surface area contributed by atoms with Crippen LogP contribution in [0, 0.1) is 11.6 Å². The molecule has 1 saturated heterocycles. The van der Waals surface area contributed by atoms with E-state index in [9.17, 15) is 14.0 Å². The Bertz CT molecular complexity index is 1760. The Kier molecular flexibility index (Phi) is 9.24. The lowest BCUT2D eigenvalue weighted by Crippen LogP contribution is -2.37. The van der Waals surface area contributed by atoms with Gasteiger partial charge in [0.05, 0.1) is 19.8 Å². The highest BCUT2D eigenvalue weighted by molar-refractivity contribution is 6.34. The monoisotopic (exact) mass is 637 g/mol. The first-order valence-electron chi connectivity index (χ1n) is 14.5. The highest BCUT2D eigenvalue weighted by Crippen LogP contribution is 2.35. The number of anilines is 2. The van der Waals surface area contributed by atoms with Gasteiger partial charge in [-0.15, -0.1) is 0 Å². The molecule has 1 amide bonds. The van der Waals surface area contributed by atoms with Crippen molar-refractivity contribution in [2.24, 2.45) is 0 Å². The van der Waals surface area contributed by atoms with Crippen molar-refractivity contribution in [3.8, 4) is 22.9 Å². The molecule has 13 heteroatoms. The van der Waals surface area contributed by atoms with Gasteiger partial charge in [0.15, 0.2) is 17.3 Å². The van der Waals surface area contributed by atoms with Crippen LogP contribution in [0.1, 0.15) is 22.3 Å². The Morgan fingerprint density at radius 3 is 2.62 bits per heavy atom. The van der Waals surface area contributed by atoms with Gasteiger partial charge in [-0.2, -0.15) is 0 Å². The first-order chi connectivity index (χ1) is 21.9. The van der Waals surface area contributed by atoms with E-state index < -0.39 is 23.1 Å². The number of morpholine rings is 1. The summed E-state index contributed by atoms with van der Waals surface area (Å²) in [5.41, 5.74) is 0.247. The second kappa shape index (κ2) is 13.6. The van der Waals surface area contributed by atoms with E-state index in [1.54, 1.807) is 6.20 Å². The Balaban J connectivity index is 1.14. The number of carbonyl (C=O) groups excluding carboxylic acids is 1. The first-order valence-corrected chi connectivity index (χ1v) is 14.9. The predicted molar refractivity (Wildman–Crippen MR) is 165 cm³/mol. The zero-order valence-corrected chi connectivity index (χ0v) is 24.9. The minimum atomic E-state index is -0.774. The number of ether oxygens (including phenoxy) is 3. The number of aromatic nitrogens is 2. The molecule has 10 nitrogen and oxygen atoms in total. The second-order valence-corrected chi connectivity index (χ2v) is 10.9.